The smallest absolute Gasteiger partial charge is 0.211 e. The zero-order chi connectivity index (χ0) is 67.0. The van der Waals surface area contributed by atoms with Gasteiger partial charge in [-0.1, -0.05) is 170 Å². The van der Waals surface area contributed by atoms with Crippen molar-refractivity contribution < 1.29 is 50.5 Å². The summed E-state index contributed by atoms with van der Waals surface area (Å²) in [5.74, 6) is 0. The first kappa shape index (κ1) is 75.8. The molecule has 0 amide bonds. The van der Waals surface area contributed by atoms with Crippen LogP contribution in [0.3, 0.4) is 0 Å². The Morgan fingerprint density at radius 1 is 0.217 bits per heavy atom. The maximum absolute atomic E-state index is 14.2. The number of sulfonamides is 6. The fraction of sp³-hybridized carbons (Fsp3) is 0.471. The molecule has 2 N–H and O–H groups in total. The van der Waals surface area contributed by atoms with E-state index in [9.17, 15) is 50.5 Å². The summed E-state index contributed by atoms with van der Waals surface area (Å²) in [6.07, 6.45) is 11.7. The second-order valence-corrected chi connectivity index (χ2v) is 35.2. The maximum atomic E-state index is 14.2. The molecule has 0 saturated heterocycles. The van der Waals surface area contributed by atoms with Gasteiger partial charge in [0.25, 0.3) is 0 Å². The molecule has 0 radical (unpaired) electrons. The molecule has 6 aromatic rings. The lowest BCUT2D eigenvalue weighted by Crippen LogP contribution is -2.38. The second kappa shape index (κ2) is 36.0. The van der Waals surface area contributed by atoms with Gasteiger partial charge in [-0.15, -0.1) is 0 Å². The van der Waals surface area contributed by atoms with Crippen molar-refractivity contribution >= 4 is 60.1 Å². The third kappa shape index (κ3) is 23.3. The quantitative estimate of drug-likeness (QED) is 0.0340. The molecule has 0 aromatic heterocycles. The average molecular weight is 1380 g/mol. The molecule has 0 unspecified atom stereocenters. The van der Waals surface area contributed by atoms with Crippen LogP contribution in [0.2, 0.25) is 0 Å². The number of nitrogens with one attached hydrogen (secondary N) is 2. The molecule has 0 atom stereocenters. The molecule has 0 spiro atoms. The van der Waals surface area contributed by atoms with Gasteiger partial charge in [-0.25, -0.2) is 60.0 Å². The molecule has 0 heterocycles. The Morgan fingerprint density at radius 2 is 0.380 bits per heavy atom. The topological polar surface area (TPSA) is 242 Å². The standard InChI is InChI=1S/C68H96N6O12S6/c1-57-23-35-63(36-24-57)87(75,76)69-47-19-51-73(91(83,84)67-43-31-61(5)32-44-67)55-21-53-71(89(79,80)65-39-27-59(3)28-40-65)49-17-15-13-11-9-7-8-10-12-14-16-18-50-72(90(81,82)66-41-29-60(4)30-42-66)54-22-56-74(92(85,86)68-45-33-62(6)34-46-68)52-20-48-70-88(77,78)64-37-25-58(2)26-38-64/h23-46,69-70H,7-22,47-56H2,1-6H3. The van der Waals surface area contributed by atoms with Crippen LogP contribution in [0.25, 0.3) is 0 Å². The molecule has 24 heteroatoms. The van der Waals surface area contributed by atoms with Crippen LogP contribution in [0.15, 0.2) is 175 Å². The van der Waals surface area contributed by atoms with Crippen LogP contribution in [-0.2, 0) is 60.1 Å². The van der Waals surface area contributed by atoms with E-state index >= 15 is 0 Å². The number of unbranched alkanes of at least 4 members (excludes halogenated alkanes) is 11. The SMILES string of the molecule is Cc1ccc(S(=O)(=O)NCCCN(CCCN(CCCCCCCCCCCCCCN(CCCN(CCCNS(=O)(=O)c2ccc(C)cc2)S(=O)(=O)c2ccc(C)cc2)S(=O)(=O)c2ccc(C)cc2)S(=O)(=O)c2ccc(C)cc2)S(=O)(=O)c2ccc(C)cc2)cc1. The molecule has 0 aliphatic heterocycles. The fourth-order valence-electron chi connectivity index (χ4n) is 10.6. The zero-order valence-corrected chi connectivity index (χ0v) is 59.3. The number of rotatable bonds is 43. The van der Waals surface area contributed by atoms with E-state index in [-0.39, 0.29) is 121 Å². The lowest BCUT2D eigenvalue weighted by atomic mass is 10.1. The number of aryl methyl sites for hydroxylation is 6. The summed E-state index contributed by atoms with van der Waals surface area (Å²) in [7, 11) is -23.5. The first-order valence-electron chi connectivity index (χ1n) is 32.0. The molecule has 506 valence electrons. The highest BCUT2D eigenvalue weighted by atomic mass is 32.2. The first-order chi connectivity index (χ1) is 43.6. The van der Waals surface area contributed by atoms with Gasteiger partial charge in [0.2, 0.25) is 60.1 Å². The Balaban J connectivity index is 0.951. The molecular weight excluding hydrogens is 1290 g/mol. The highest BCUT2D eigenvalue weighted by Gasteiger charge is 2.30. The van der Waals surface area contributed by atoms with Crippen molar-refractivity contribution in [3.05, 3.63) is 179 Å². The molecule has 6 rings (SSSR count). The van der Waals surface area contributed by atoms with Gasteiger partial charge in [0.1, 0.15) is 0 Å². The molecule has 0 bridgehead atoms. The summed E-state index contributed by atoms with van der Waals surface area (Å²) in [6, 6.07) is 39.4. The van der Waals surface area contributed by atoms with E-state index < -0.39 is 60.1 Å². The number of nitrogens with zero attached hydrogens (tertiary/aromatic N) is 4. The van der Waals surface area contributed by atoms with Gasteiger partial charge in [-0.3, -0.25) is 0 Å². The van der Waals surface area contributed by atoms with Gasteiger partial charge >= 0.3 is 0 Å². The molecule has 6 aromatic carbocycles. The Bertz CT molecular complexity index is 3680. The molecule has 92 heavy (non-hydrogen) atoms. The Hall–Kier alpha value is -5.22. The van der Waals surface area contributed by atoms with Gasteiger partial charge in [0.05, 0.1) is 29.4 Å². The van der Waals surface area contributed by atoms with E-state index in [1.807, 2.05) is 41.5 Å². The van der Waals surface area contributed by atoms with E-state index in [0.717, 1.165) is 97.6 Å². The monoisotopic (exact) mass is 1380 g/mol. The molecule has 0 aliphatic carbocycles. The van der Waals surface area contributed by atoms with Crippen LogP contribution in [0, 0.1) is 41.5 Å². The van der Waals surface area contributed by atoms with E-state index in [1.54, 1.807) is 121 Å². The summed E-state index contributed by atoms with van der Waals surface area (Å²) in [5.41, 5.74) is 5.45. The van der Waals surface area contributed by atoms with Crippen molar-refractivity contribution in [3.63, 3.8) is 0 Å². The van der Waals surface area contributed by atoms with Crippen LogP contribution < -0.4 is 9.44 Å². The number of hydrogen-bond acceptors (Lipinski definition) is 12. The lowest BCUT2D eigenvalue weighted by Gasteiger charge is -2.26. The molecular formula is C68H96N6O12S6. The van der Waals surface area contributed by atoms with E-state index in [4.69, 9.17) is 0 Å². The minimum Gasteiger partial charge on any atom is -0.211 e. The van der Waals surface area contributed by atoms with Gasteiger partial charge in [0.15, 0.2) is 0 Å². The normalized spacial score (nSPS) is 12.8. The predicted molar refractivity (Wildman–Crippen MR) is 366 cm³/mol. The van der Waals surface area contributed by atoms with Crippen LogP contribution in [0.4, 0.5) is 0 Å². The van der Waals surface area contributed by atoms with Crippen LogP contribution >= 0.6 is 0 Å². The summed E-state index contributed by atoms with van der Waals surface area (Å²) < 4.78 is 176. The Labute approximate surface area is 551 Å². The van der Waals surface area contributed by atoms with Crippen LogP contribution in [-0.4, -0.2) is 133 Å². The van der Waals surface area contributed by atoms with E-state index in [2.05, 4.69) is 9.44 Å². The van der Waals surface area contributed by atoms with Gasteiger partial charge < -0.3 is 0 Å². The third-order valence-electron chi connectivity index (χ3n) is 16.2. The van der Waals surface area contributed by atoms with Crippen molar-refractivity contribution in [2.24, 2.45) is 0 Å². The van der Waals surface area contributed by atoms with Crippen molar-refractivity contribution in [2.45, 2.75) is 174 Å². The zero-order valence-electron chi connectivity index (χ0n) is 54.4. The predicted octanol–water partition coefficient (Wildman–Crippen LogP) is 11.8. The first-order valence-corrected chi connectivity index (χ1v) is 40.8. The highest BCUT2D eigenvalue weighted by Crippen LogP contribution is 2.25. The minimum atomic E-state index is -4.02. The second-order valence-electron chi connectivity index (χ2n) is 23.9. The summed E-state index contributed by atoms with van der Waals surface area (Å²) in [5, 5.41) is 0. The number of benzene rings is 6. The molecule has 18 nitrogen and oxygen atoms in total. The van der Waals surface area contributed by atoms with Crippen LogP contribution in [0.5, 0.6) is 0 Å². The lowest BCUT2D eigenvalue weighted by molar-refractivity contribution is 0.349. The van der Waals surface area contributed by atoms with Crippen molar-refractivity contribution in [2.75, 3.05) is 65.4 Å². The minimum absolute atomic E-state index is 0.00466. The van der Waals surface area contributed by atoms with Crippen molar-refractivity contribution in [1.82, 2.24) is 26.7 Å². The maximum Gasteiger partial charge on any atom is 0.243 e. The Kier molecular flexibility index (Phi) is 29.7. The summed E-state index contributed by atoms with van der Waals surface area (Å²) in [4.78, 5) is 0.760. The van der Waals surface area contributed by atoms with Crippen molar-refractivity contribution in [1.29, 1.82) is 0 Å². The molecule has 0 saturated carbocycles. The Morgan fingerprint density at radius 3 is 0.587 bits per heavy atom. The van der Waals surface area contributed by atoms with Gasteiger partial charge in [-0.05, 0) is 153 Å². The molecule has 0 aliphatic rings. The fourth-order valence-corrected chi connectivity index (χ4v) is 18.8. The largest absolute Gasteiger partial charge is 0.243 e. The molecule has 0 fully saturated rings. The van der Waals surface area contributed by atoms with E-state index in [1.165, 1.54) is 41.5 Å². The highest BCUT2D eigenvalue weighted by molar-refractivity contribution is 7.90. The van der Waals surface area contributed by atoms with E-state index in [0.29, 0.717) is 12.8 Å². The van der Waals surface area contributed by atoms with Crippen molar-refractivity contribution in [3.8, 4) is 0 Å². The number of hydrogen-bond donors (Lipinski definition) is 2. The van der Waals surface area contributed by atoms with Gasteiger partial charge in [-0.2, -0.15) is 17.2 Å². The summed E-state index contributed by atoms with van der Waals surface area (Å²) in [6.45, 7) is 11.9. The van der Waals surface area contributed by atoms with Gasteiger partial charge in [0, 0.05) is 65.4 Å². The van der Waals surface area contributed by atoms with Crippen LogP contribution in [0.1, 0.15) is 136 Å². The summed E-state index contributed by atoms with van der Waals surface area (Å²) >= 11 is 0. The average Bonchev–Trinajstić information content (AvgIpc) is 0.916. The third-order valence-corrected chi connectivity index (χ3v) is 26.9.